The smallest absolute Gasteiger partial charge is 0.253 e. The molecule has 0 unspecified atom stereocenters. The summed E-state index contributed by atoms with van der Waals surface area (Å²) in [7, 11) is 0. The SMILES string of the molecule is O=C(NCc1ccc(F)c(F)c1NC(=O)C1CCCC1)c1cccnc1. The summed E-state index contributed by atoms with van der Waals surface area (Å²) in [4.78, 5) is 28.3. The Balaban J connectivity index is 1.75. The molecule has 7 heteroatoms. The van der Waals surface area contributed by atoms with Crippen molar-refractivity contribution in [1.82, 2.24) is 10.3 Å². The zero-order valence-corrected chi connectivity index (χ0v) is 14.1. The van der Waals surface area contributed by atoms with Crippen LogP contribution in [0.1, 0.15) is 41.6 Å². The first-order chi connectivity index (χ1) is 12.6. The van der Waals surface area contributed by atoms with Gasteiger partial charge < -0.3 is 10.6 Å². The molecule has 0 spiro atoms. The molecule has 1 aliphatic rings. The molecule has 2 aromatic rings. The highest BCUT2D eigenvalue weighted by Crippen LogP contribution is 2.28. The van der Waals surface area contributed by atoms with Gasteiger partial charge in [0.1, 0.15) is 0 Å². The van der Waals surface area contributed by atoms with Gasteiger partial charge in [0.25, 0.3) is 5.91 Å². The second-order valence-corrected chi connectivity index (χ2v) is 6.29. The van der Waals surface area contributed by atoms with Gasteiger partial charge in [0.05, 0.1) is 11.3 Å². The number of hydrogen-bond acceptors (Lipinski definition) is 3. The molecule has 1 saturated carbocycles. The fraction of sp³-hybridized carbons (Fsp3) is 0.316. The van der Waals surface area contributed by atoms with Crippen LogP contribution in [0.25, 0.3) is 0 Å². The van der Waals surface area contributed by atoms with Gasteiger partial charge in [-0.1, -0.05) is 18.9 Å². The number of amides is 2. The van der Waals surface area contributed by atoms with Crippen LogP contribution in [0.4, 0.5) is 14.5 Å². The van der Waals surface area contributed by atoms with Crippen LogP contribution in [-0.4, -0.2) is 16.8 Å². The van der Waals surface area contributed by atoms with E-state index in [0.29, 0.717) is 11.1 Å². The van der Waals surface area contributed by atoms with E-state index in [4.69, 9.17) is 0 Å². The first kappa shape index (κ1) is 18.0. The first-order valence-corrected chi connectivity index (χ1v) is 8.52. The molecule has 2 amide bonds. The van der Waals surface area contributed by atoms with E-state index in [1.807, 2.05) is 0 Å². The number of pyridine rings is 1. The van der Waals surface area contributed by atoms with Crippen LogP contribution < -0.4 is 10.6 Å². The van der Waals surface area contributed by atoms with E-state index in [9.17, 15) is 18.4 Å². The van der Waals surface area contributed by atoms with E-state index in [0.717, 1.165) is 31.7 Å². The number of carbonyl (C=O) groups is 2. The van der Waals surface area contributed by atoms with Gasteiger partial charge in [-0.2, -0.15) is 0 Å². The van der Waals surface area contributed by atoms with Crippen LogP contribution in [0.5, 0.6) is 0 Å². The maximum atomic E-state index is 14.2. The van der Waals surface area contributed by atoms with Gasteiger partial charge in [0.15, 0.2) is 11.6 Å². The van der Waals surface area contributed by atoms with Crippen molar-refractivity contribution < 1.29 is 18.4 Å². The summed E-state index contributed by atoms with van der Waals surface area (Å²) >= 11 is 0. The van der Waals surface area contributed by atoms with Crippen molar-refractivity contribution in [1.29, 1.82) is 0 Å². The molecule has 26 heavy (non-hydrogen) atoms. The van der Waals surface area contributed by atoms with Crippen LogP contribution in [0, 0.1) is 17.6 Å². The maximum Gasteiger partial charge on any atom is 0.253 e. The van der Waals surface area contributed by atoms with Gasteiger partial charge in [-0.05, 0) is 36.6 Å². The molecule has 0 atom stereocenters. The summed E-state index contributed by atoms with van der Waals surface area (Å²) in [6.07, 6.45) is 6.35. The summed E-state index contributed by atoms with van der Waals surface area (Å²) in [5, 5.41) is 5.13. The van der Waals surface area contributed by atoms with Crippen molar-refractivity contribution in [2.75, 3.05) is 5.32 Å². The molecule has 2 N–H and O–H groups in total. The van der Waals surface area contributed by atoms with Crippen molar-refractivity contribution in [3.8, 4) is 0 Å². The minimum atomic E-state index is -1.12. The molecule has 0 aliphatic heterocycles. The van der Waals surface area contributed by atoms with Gasteiger partial charge in [0.2, 0.25) is 5.91 Å². The highest BCUT2D eigenvalue weighted by atomic mass is 19.2. The summed E-state index contributed by atoms with van der Waals surface area (Å²) < 4.78 is 27.9. The van der Waals surface area contributed by atoms with E-state index in [-0.39, 0.29) is 24.1 Å². The zero-order valence-electron chi connectivity index (χ0n) is 14.1. The minimum absolute atomic E-state index is 0.0504. The topological polar surface area (TPSA) is 71.1 Å². The third kappa shape index (κ3) is 4.04. The average molecular weight is 359 g/mol. The van der Waals surface area contributed by atoms with Gasteiger partial charge in [-0.3, -0.25) is 14.6 Å². The van der Waals surface area contributed by atoms with Crippen molar-refractivity contribution in [2.24, 2.45) is 5.92 Å². The number of hydrogen-bond donors (Lipinski definition) is 2. The van der Waals surface area contributed by atoms with Gasteiger partial charge >= 0.3 is 0 Å². The van der Waals surface area contributed by atoms with E-state index in [2.05, 4.69) is 15.6 Å². The number of anilines is 1. The Morgan fingerprint density at radius 2 is 1.92 bits per heavy atom. The molecule has 1 aliphatic carbocycles. The average Bonchev–Trinajstić information content (AvgIpc) is 3.20. The molecular weight excluding hydrogens is 340 g/mol. The molecule has 3 rings (SSSR count). The third-order valence-corrected chi connectivity index (χ3v) is 4.52. The van der Waals surface area contributed by atoms with Gasteiger partial charge in [0, 0.05) is 24.9 Å². The Hall–Kier alpha value is -2.83. The number of halogens is 2. The quantitative estimate of drug-likeness (QED) is 0.859. The molecule has 0 bridgehead atoms. The van der Waals surface area contributed by atoms with Gasteiger partial charge in [-0.25, -0.2) is 8.78 Å². The van der Waals surface area contributed by atoms with Crippen LogP contribution in [0.3, 0.4) is 0 Å². The third-order valence-electron chi connectivity index (χ3n) is 4.52. The minimum Gasteiger partial charge on any atom is -0.348 e. The Morgan fingerprint density at radius 3 is 2.62 bits per heavy atom. The van der Waals surface area contributed by atoms with Crippen molar-refractivity contribution in [3.05, 3.63) is 59.4 Å². The fourth-order valence-electron chi connectivity index (χ4n) is 3.06. The van der Waals surface area contributed by atoms with E-state index < -0.39 is 17.5 Å². The lowest BCUT2D eigenvalue weighted by molar-refractivity contribution is -0.119. The highest BCUT2D eigenvalue weighted by molar-refractivity contribution is 5.95. The summed E-state index contributed by atoms with van der Waals surface area (Å²) in [6.45, 7) is -0.0504. The maximum absolute atomic E-state index is 14.2. The second kappa shape index (κ2) is 8.03. The molecule has 0 saturated heterocycles. The van der Waals surface area contributed by atoms with Gasteiger partial charge in [-0.15, -0.1) is 0 Å². The second-order valence-electron chi connectivity index (χ2n) is 6.29. The predicted octanol–water partition coefficient (Wildman–Crippen LogP) is 3.42. The van der Waals surface area contributed by atoms with Crippen LogP contribution in [0.2, 0.25) is 0 Å². The lowest BCUT2D eigenvalue weighted by atomic mass is 10.1. The Kier molecular flexibility index (Phi) is 5.55. The Bertz CT molecular complexity index is 806. The van der Waals surface area contributed by atoms with Crippen LogP contribution >= 0.6 is 0 Å². The van der Waals surface area contributed by atoms with E-state index >= 15 is 0 Å². The highest BCUT2D eigenvalue weighted by Gasteiger charge is 2.25. The van der Waals surface area contributed by atoms with Crippen LogP contribution in [0.15, 0.2) is 36.7 Å². The molecule has 1 aromatic carbocycles. The lowest BCUT2D eigenvalue weighted by Gasteiger charge is -2.16. The molecular formula is C19H19F2N3O2. The summed E-state index contributed by atoms with van der Waals surface area (Å²) in [5.74, 6) is -3.06. The largest absolute Gasteiger partial charge is 0.348 e. The van der Waals surface area contributed by atoms with Crippen LogP contribution in [-0.2, 0) is 11.3 Å². The van der Waals surface area contributed by atoms with E-state index in [1.54, 1.807) is 18.3 Å². The molecule has 0 radical (unpaired) electrons. The number of rotatable bonds is 5. The number of nitrogens with one attached hydrogen (secondary N) is 2. The Morgan fingerprint density at radius 1 is 1.15 bits per heavy atom. The van der Waals surface area contributed by atoms with Crippen molar-refractivity contribution >= 4 is 17.5 Å². The normalized spacial score (nSPS) is 14.2. The zero-order chi connectivity index (χ0) is 18.5. The molecule has 5 nitrogen and oxygen atoms in total. The molecule has 1 fully saturated rings. The lowest BCUT2D eigenvalue weighted by Crippen LogP contribution is -2.26. The predicted molar refractivity (Wildman–Crippen MR) is 92.4 cm³/mol. The molecule has 1 aromatic heterocycles. The molecule has 136 valence electrons. The number of nitrogens with zero attached hydrogens (tertiary/aromatic N) is 1. The summed E-state index contributed by atoms with van der Waals surface area (Å²) in [5.41, 5.74) is 0.437. The van der Waals surface area contributed by atoms with Crippen molar-refractivity contribution in [3.63, 3.8) is 0 Å². The fourth-order valence-corrected chi connectivity index (χ4v) is 3.06. The monoisotopic (exact) mass is 359 g/mol. The first-order valence-electron chi connectivity index (χ1n) is 8.52. The Labute approximate surface area is 149 Å². The standard InChI is InChI=1S/C19H19F2N3O2/c20-15-8-7-13(11-23-18(25)14-6-3-9-22-10-14)17(16(15)21)24-19(26)12-4-1-2-5-12/h3,6-10,12H,1-2,4-5,11H2,(H,23,25)(H,24,26). The van der Waals surface area contributed by atoms with Crippen molar-refractivity contribution in [2.45, 2.75) is 32.2 Å². The number of benzene rings is 1. The summed E-state index contributed by atoms with van der Waals surface area (Å²) in [6, 6.07) is 5.55. The van der Waals surface area contributed by atoms with E-state index in [1.165, 1.54) is 12.3 Å². The number of aromatic nitrogens is 1. The number of carbonyl (C=O) groups excluding carboxylic acids is 2. The molecule has 1 heterocycles.